The van der Waals surface area contributed by atoms with E-state index in [9.17, 15) is 17.2 Å². The maximum absolute atomic E-state index is 13.4. The molecular formula is C19H18F2N2O2S2. The molecule has 0 aliphatic heterocycles. The van der Waals surface area contributed by atoms with Crippen molar-refractivity contribution in [1.82, 2.24) is 4.98 Å². The van der Waals surface area contributed by atoms with Crippen molar-refractivity contribution in [2.45, 2.75) is 31.6 Å². The first-order valence-corrected chi connectivity index (χ1v) is 10.6. The fourth-order valence-electron chi connectivity index (χ4n) is 2.67. The Hall–Kier alpha value is -2.32. The summed E-state index contributed by atoms with van der Waals surface area (Å²) in [5, 5.41) is 2.74. The summed E-state index contributed by atoms with van der Waals surface area (Å²) < 4.78 is 54.8. The van der Waals surface area contributed by atoms with Crippen LogP contribution in [0, 0.1) is 18.6 Å². The first-order valence-electron chi connectivity index (χ1n) is 8.21. The third-order valence-corrected chi connectivity index (χ3v) is 6.22. The number of halogens is 2. The van der Waals surface area contributed by atoms with Crippen LogP contribution in [0.4, 0.5) is 14.5 Å². The number of hydrogen-bond acceptors (Lipinski definition) is 4. The van der Waals surface area contributed by atoms with E-state index < -0.39 is 21.7 Å². The van der Waals surface area contributed by atoms with E-state index in [2.05, 4.69) is 9.71 Å². The van der Waals surface area contributed by atoms with Crippen LogP contribution in [-0.2, 0) is 10.0 Å². The fourth-order valence-corrected chi connectivity index (χ4v) is 4.73. The maximum atomic E-state index is 13.4. The zero-order valence-electron chi connectivity index (χ0n) is 15.0. The summed E-state index contributed by atoms with van der Waals surface area (Å²) in [5.41, 5.74) is 1.95. The van der Waals surface area contributed by atoms with Gasteiger partial charge < -0.3 is 0 Å². The van der Waals surface area contributed by atoms with Gasteiger partial charge in [0.1, 0.15) is 0 Å². The molecule has 0 aliphatic carbocycles. The zero-order valence-corrected chi connectivity index (χ0v) is 16.6. The summed E-state index contributed by atoms with van der Waals surface area (Å²) in [7, 11) is -4.01. The van der Waals surface area contributed by atoms with Gasteiger partial charge >= 0.3 is 0 Å². The van der Waals surface area contributed by atoms with Crippen molar-refractivity contribution in [2.75, 3.05) is 4.72 Å². The standard InChI is InChI=1S/C19H18F2N2O2S2/c1-11(2)15-6-4-13(18-10-26-12(3)22-18)8-19(15)27(24,25)23-14-5-7-16(20)17(21)9-14/h4-11,23H,1-3H3. The van der Waals surface area contributed by atoms with Crippen molar-refractivity contribution < 1.29 is 17.2 Å². The van der Waals surface area contributed by atoms with Gasteiger partial charge in [0.15, 0.2) is 11.6 Å². The van der Waals surface area contributed by atoms with E-state index in [-0.39, 0.29) is 16.5 Å². The summed E-state index contributed by atoms with van der Waals surface area (Å²) in [4.78, 5) is 4.48. The smallest absolute Gasteiger partial charge is 0.262 e. The van der Waals surface area contributed by atoms with Gasteiger partial charge in [-0.2, -0.15) is 0 Å². The van der Waals surface area contributed by atoms with Crippen LogP contribution in [0.25, 0.3) is 11.3 Å². The molecule has 3 rings (SSSR count). The number of sulfonamides is 1. The maximum Gasteiger partial charge on any atom is 0.262 e. The highest BCUT2D eigenvalue weighted by molar-refractivity contribution is 7.92. The van der Waals surface area contributed by atoms with E-state index in [0.717, 1.165) is 17.1 Å². The van der Waals surface area contributed by atoms with Crippen molar-refractivity contribution in [3.63, 3.8) is 0 Å². The molecule has 142 valence electrons. The van der Waals surface area contributed by atoms with Crippen molar-refractivity contribution in [3.05, 3.63) is 64.0 Å². The van der Waals surface area contributed by atoms with E-state index in [1.807, 2.05) is 32.2 Å². The lowest BCUT2D eigenvalue weighted by atomic mass is 10.0. The normalized spacial score (nSPS) is 11.8. The Bertz CT molecular complexity index is 1090. The molecule has 3 aromatic rings. The lowest BCUT2D eigenvalue weighted by molar-refractivity contribution is 0.509. The fraction of sp³-hybridized carbons (Fsp3) is 0.211. The minimum absolute atomic E-state index is 0.0430. The number of rotatable bonds is 5. The van der Waals surface area contributed by atoms with Crippen LogP contribution in [0.15, 0.2) is 46.7 Å². The second kappa shape index (κ2) is 7.36. The highest BCUT2D eigenvalue weighted by atomic mass is 32.2. The number of anilines is 1. The molecule has 0 spiro atoms. The number of nitrogens with one attached hydrogen (secondary N) is 1. The minimum atomic E-state index is -4.01. The highest BCUT2D eigenvalue weighted by Crippen LogP contribution is 2.31. The van der Waals surface area contributed by atoms with Crippen LogP contribution in [-0.4, -0.2) is 13.4 Å². The van der Waals surface area contributed by atoms with Gasteiger partial charge in [0, 0.05) is 17.0 Å². The van der Waals surface area contributed by atoms with Crippen molar-refractivity contribution >= 4 is 27.0 Å². The molecule has 2 aromatic carbocycles. The minimum Gasteiger partial charge on any atom is -0.280 e. The second-order valence-electron chi connectivity index (χ2n) is 6.39. The van der Waals surface area contributed by atoms with Gasteiger partial charge in [0.2, 0.25) is 0 Å². The Morgan fingerprint density at radius 3 is 2.41 bits per heavy atom. The van der Waals surface area contributed by atoms with Crippen LogP contribution in [0.2, 0.25) is 0 Å². The lowest BCUT2D eigenvalue weighted by Crippen LogP contribution is -2.16. The predicted molar refractivity (Wildman–Crippen MR) is 104 cm³/mol. The van der Waals surface area contributed by atoms with E-state index >= 15 is 0 Å². The number of thiazole rings is 1. The summed E-state index contributed by atoms with van der Waals surface area (Å²) in [6, 6.07) is 8.03. The Balaban J connectivity index is 2.07. The average Bonchev–Trinajstić information content (AvgIpc) is 3.04. The summed E-state index contributed by atoms with van der Waals surface area (Å²) in [5.74, 6) is -2.21. The molecule has 1 N–H and O–H groups in total. The molecule has 1 aromatic heterocycles. The third kappa shape index (κ3) is 4.17. The molecular weight excluding hydrogens is 390 g/mol. The van der Waals surface area contributed by atoms with Crippen molar-refractivity contribution in [2.24, 2.45) is 0 Å². The summed E-state index contributed by atoms with van der Waals surface area (Å²) in [6.07, 6.45) is 0. The number of aromatic nitrogens is 1. The predicted octanol–water partition coefficient (Wildman–Crippen LogP) is 5.32. The zero-order chi connectivity index (χ0) is 19.8. The molecule has 0 amide bonds. The molecule has 8 heteroatoms. The summed E-state index contributed by atoms with van der Waals surface area (Å²) in [6.45, 7) is 5.65. The van der Waals surface area contributed by atoms with Gasteiger partial charge in [-0.15, -0.1) is 11.3 Å². The monoisotopic (exact) mass is 408 g/mol. The first kappa shape index (κ1) is 19.4. The number of hydrogen-bond donors (Lipinski definition) is 1. The van der Waals surface area contributed by atoms with Crippen molar-refractivity contribution in [1.29, 1.82) is 0 Å². The van der Waals surface area contributed by atoms with E-state index in [1.165, 1.54) is 17.4 Å². The first-order chi connectivity index (χ1) is 12.7. The molecule has 0 unspecified atom stereocenters. The summed E-state index contributed by atoms with van der Waals surface area (Å²) >= 11 is 1.48. The van der Waals surface area contributed by atoms with Crippen LogP contribution in [0.5, 0.6) is 0 Å². The highest BCUT2D eigenvalue weighted by Gasteiger charge is 2.22. The van der Waals surface area contributed by atoms with Crippen molar-refractivity contribution in [3.8, 4) is 11.3 Å². The Morgan fingerprint density at radius 1 is 1.07 bits per heavy atom. The van der Waals surface area contributed by atoms with Crippen LogP contribution >= 0.6 is 11.3 Å². The van der Waals surface area contributed by atoms with Crippen LogP contribution in [0.1, 0.15) is 30.3 Å². The number of benzene rings is 2. The Morgan fingerprint density at radius 2 is 1.81 bits per heavy atom. The topological polar surface area (TPSA) is 59.1 Å². The van der Waals surface area contributed by atoms with Gasteiger partial charge in [0.05, 0.1) is 21.3 Å². The van der Waals surface area contributed by atoms with Gasteiger partial charge in [-0.05, 0) is 36.6 Å². The Labute approximate surface area is 161 Å². The van der Waals surface area contributed by atoms with E-state index in [1.54, 1.807) is 12.1 Å². The molecule has 0 bridgehead atoms. The quantitative estimate of drug-likeness (QED) is 0.621. The molecule has 0 fully saturated rings. The number of nitrogens with zero attached hydrogens (tertiary/aromatic N) is 1. The van der Waals surface area contributed by atoms with Gasteiger partial charge in [-0.1, -0.05) is 26.0 Å². The number of aryl methyl sites for hydroxylation is 1. The molecule has 4 nitrogen and oxygen atoms in total. The second-order valence-corrected chi connectivity index (χ2v) is 9.11. The van der Waals surface area contributed by atoms with Gasteiger partial charge in [-0.25, -0.2) is 22.2 Å². The SMILES string of the molecule is Cc1nc(-c2ccc(C(C)C)c(S(=O)(=O)Nc3ccc(F)c(F)c3)c2)cs1. The molecule has 0 aliphatic rings. The molecule has 0 radical (unpaired) electrons. The van der Waals surface area contributed by atoms with E-state index in [4.69, 9.17) is 0 Å². The lowest BCUT2D eigenvalue weighted by Gasteiger charge is -2.16. The van der Waals surface area contributed by atoms with E-state index in [0.29, 0.717) is 16.8 Å². The van der Waals surface area contributed by atoms with Crippen LogP contribution in [0.3, 0.4) is 0 Å². The molecule has 0 atom stereocenters. The molecule has 1 heterocycles. The average molecular weight is 408 g/mol. The van der Waals surface area contributed by atoms with Crippen LogP contribution < -0.4 is 4.72 Å². The molecule has 0 saturated carbocycles. The largest absolute Gasteiger partial charge is 0.280 e. The third-order valence-electron chi connectivity index (χ3n) is 4.01. The van der Waals surface area contributed by atoms with Gasteiger partial charge in [-0.3, -0.25) is 4.72 Å². The van der Waals surface area contributed by atoms with Gasteiger partial charge in [0.25, 0.3) is 10.0 Å². The molecule has 27 heavy (non-hydrogen) atoms. The molecule has 0 saturated heterocycles. The Kier molecular flexibility index (Phi) is 5.30.